The Hall–Kier alpha value is -1.32. The Bertz CT molecular complexity index is 507. The van der Waals surface area contributed by atoms with E-state index in [0.717, 1.165) is 18.6 Å². The highest BCUT2D eigenvalue weighted by atomic mass is 32.1. The smallest absolute Gasteiger partial charge is 0.122 e. The average molecular weight is 275 g/mol. The van der Waals surface area contributed by atoms with Crippen molar-refractivity contribution in [3.63, 3.8) is 0 Å². The molecular weight excluding hydrogens is 254 g/mol. The van der Waals surface area contributed by atoms with E-state index in [9.17, 15) is 0 Å². The van der Waals surface area contributed by atoms with Crippen LogP contribution in [0.2, 0.25) is 0 Å². The molecule has 2 aromatic rings. The zero-order chi connectivity index (χ0) is 13.7. The summed E-state index contributed by atoms with van der Waals surface area (Å²) in [6, 6.07) is 9.00. The van der Waals surface area contributed by atoms with Gasteiger partial charge in [0, 0.05) is 6.04 Å². The fraction of sp³-hybridized carbons (Fsp3) is 0.375. The third-order valence-corrected chi connectivity index (χ3v) is 4.10. The summed E-state index contributed by atoms with van der Waals surface area (Å²) >= 11 is 1.76. The molecule has 3 heteroatoms. The second-order valence-corrected chi connectivity index (χ2v) is 5.62. The number of likely N-dealkylation sites (N-methyl/N-ethyl adjacent to an activating group) is 1. The molecular formula is C16H21NOS. The lowest BCUT2D eigenvalue weighted by molar-refractivity contribution is 0.405. The van der Waals surface area contributed by atoms with Crippen LogP contribution in [0.1, 0.15) is 16.7 Å². The molecule has 0 aliphatic heterocycles. The highest BCUT2D eigenvalue weighted by molar-refractivity contribution is 7.07. The summed E-state index contributed by atoms with van der Waals surface area (Å²) in [7, 11) is 3.76. The Labute approximate surface area is 119 Å². The maximum absolute atomic E-state index is 5.46. The Morgan fingerprint density at radius 2 is 2.11 bits per heavy atom. The van der Waals surface area contributed by atoms with Gasteiger partial charge in [-0.25, -0.2) is 0 Å². The van der Waals surface area contributed by atoms with Gasteiger partial charge in [0.05, 0.1) is 7.11 Å². The van der Waals surface area contributed by atoms with Crippen LogP contribution in [-0.2, 0) is 12.8 Å². The van der Waals surface area contributed by atoms with E-state index in [4.69, 9.17) is 4.74 Å². The van der Waals surface area contributed by atoms with Gasteiger partial charge in [0.25, 0.3) is 0 Å². The molecule has 0 saturated heterocycles. The molecule has 1 aromatic heterocycles. The van der Waals surface area contributed by atoms with Crippen LogP contribution in [0.5, 0.6) is 5.75 Å². The van der Waals surface area contributed by atoms with Crippen molar-refractivity contribution in [1.82, 2.24) is 5.32 Å². The lowest BCUT2D eigenvalue weighted by Gasteiger charge is -2.18. The number of thiophene rings is 1. The lowest BCUT2D eigenvalue weighted by atomic mass is 9.98. The van der Waals surface area contributed by atoms with Crippen molar-refractivity contribution in [1.29, 1.82) is 0 Å². The molecule has 2 rings (SSSR count). The number of hydrogen-bond donors (Lipinski definition) is 1. The van der Waals surface area contributed by atoms with Gasteiger partial charge in [0.15, 0.2) is 0 Å². The summed E-state index contributed by atoms with van der Waals surface area (Å²) in [5, 5.41) is 7.76. The van der Waals surface area contributed by atoms with Crippen molar-refractivity contribution in [2.24, 2.45) is 0 Å². The average Bonchev–Trinajstić information content (AvgIpc) is 2.91. The fourth-order valence-electron chi connectivity index (χ4n) is 2.30. The third-order valence-electron chi connectivity index (χ3n) is 3.37. The summed E-state index contributed by atoms with van der Waals surface area (Å²) in [5.41, 5.74) is 3.95. The molecule has 0 saturated carbocycles. The monoisotopic (exact) mass is 275 g/mol. The van der Waals surface area contributed by atoms with Gasteiger partial charge in [0.1, 0.15) is 5.75 Å². The zero-order valence-corrected chi connectivity index (χ0v) is 12.6. The molecule has 1 heterocycles. The third kappa shape index (κ3) is 3.82. The van der Waals surface area contributed by atoms with Crippen LogP contribution in [0.15, 0.2) is 35.0 Å². The maximum atomic E-state index is 5.46. The van der Waals surface area contributed by atoms with Crippen LogP contribution < -0.4 is 10.1 Å². The molecule has 1 unspecified atom stereocenters. The van der Waals surface area contributed by atoms with Crippen molar-refractivity contribution >= 4 is 11.3 Å². The predicted octanol–water partition coefficient (Wildman–Crippen LogP) is 3.44. The number of aryl methyl sites for hydroxylation is 1. The first-order chi connectivity index (χ1) is 9.22. The molecule has 0 bridgehead atoms. The molecule has 0 fully saturated rings. The van der Waals surface area contributed by atoms with E-state index in [-0.39, 0.29) is 0 Å². The van der Waals surface area contributed by atoms with Crippen molar-refractivity contribution in [2.75, 3.05) is 14.2 Å². The molecule has 0 aliphatic carbocycles. The Morgan fingerprint density at radius 3 is 2.74 bits per heavy atom. The molecule has 1 aromatic carbocycles. The van der Waals surface area contributed by atoms with Crippen molar-refractivity contribution in [3.8, 4) is 5.75 Å². The first-order valence-corrected chi connectivity index (χ1v) is 7.49. The second-order valence-electron chi connectivity index (χ2n) is 4.84. The minimum atomic E-state index is 0.435. The summed E-state index contributed by atoms with van der Waals surface area (Å²) < 4.78 is 5.46. The maximum Gasteiger partial charge on any atom is 0.122 e. The van der Waals surface area contributed by atoms with E-state index in [1.165, 1.54) is 16.7 Å². The van der Waals surface area contributed by atoms with Gasteiger partial charge < -0.3 is 10.1 Å². The van der Waals surface area contributed by atoms with E-state index < -0.39 is 0 Å². The van der Waals surface area contributed by atoms with E-state index in [1.54, 1.807) is 18.4 Å². The van der Waals surface area contributed by atoms with Crippen molar-refractivity contribution in [3.05, 3.63) is 51.7 Å². The first-order valence-electron chi connectivity index (χ1n) is 6.54. The van der Waals surface area contributed by atoms with Gasteiger partial charge in [-0.05, 0) is 60.8 Å². The number of methoxy groups -OCH3 is 1. The van der Waals surface area contributed by atoms with Gasteiger partial charge in [-0.1, -0.05) is 17.7 Å². The van der Waals surface area contributed by atoms with Gasteiger partial charge in [-0.2, -0.15) is 11.3 Å². The lowest BCUT2D eigenvalue weighted by Crippen LogP contribution is -2.29. The van der Waals surface area contributed by atoms with Crippen LogP contribution in [-0.4, -0.2) is 20.2 Å². The number of rotatable bonds is 6. The van der Waals surface area contributed by atoms with Crippen LogP contribution in [0, 0.1) is 6.92 Å². The summed E-state index contributed by atoms with van der Waals surface area (Å²) in [6.07, 6.45) is 2.04. The largest absolute Gasteiger partial charge is 0.496 e. The number of nitrogens with one attached hydrogen (secondary N) is 1. The van der Waals surface area contributed by atoms with Crippen LogP contribution in [0.4, 0.5) is 0 Å². The standard InChI is InChI=1S/C16H21NOS/c1-12-4-5-16(18-3)14(8-12)10-15(17-2)9-13-6-7-19-11-13/h4-8,11,15,17H,9-10H2,1-3H3. The molecule has 1 atom stereocenters. The van der Waals surface area contributed by atoms with E-state index >= 15 is 0 Å². The topological polar surface area (TPSA) is 21.3 Å². The van der Waals surface area contributed by atoms with Crippen LogP contribution in [0.3, 0.4) is 0 Å². The molecule has 0 radical (unpaired) electrons. The molecule has 0 aliphatic rings. The van der Waals surface area contributed by atoms with Crippen molar-refractivity contribution in [2.45, 2.75) is 25.8 Å². The molecule has 0 spiro atoms. The Kier molecular flexibility index (Phi) is 5.00. The Balaban J connectivity index is 2.11. The highest BCUT2D eigenvalue weighted by Crippen LogP contribution is 2.22. The predicted molar refractivity (Wildman–Crippen MR) is 82.3 cm³/mol. The summed E-state index contributed by atoms with van der Waals surface area (Å²) in [6.45, 7) is 2.12. The van der Waals surface area contributed by atoms with E-state index in [1.807, 2.05) is 7.05 Å². The second kappa shape index (κ2) is 6.73. The SMILES string of the molecule is CNC(Cc1ccsc1)Cc1cc(C)ccc1OC. The first kappa shape index (κ1) is 14.1. The number of hydrogen-bond acceptors (Lipinski definition) is 3. The molecule has 1 N–H and O–H groups in total. The van der Waals surface area contributed by atoms with Crippen LogP contribution >= 0.6 is 11.3 Å². The normalized spacial score (nSPS) is 12.4. The van der Waals surface area contributed by atoms with E-state index in [2.05, 4.69) is 47.3 Å². The molecule has 0 amide bonds. The zero-order valence-electron chi connectivity index (χ0n) is 11.8. The fourth-order valence-corrected chi connectivity index (χ4v) is 2.98. The quantitative estimate of drug-likeness (QED) is 0.872. The van der Waals surface area contributed by atoms with Gasteiger partial charge in [0.2, 0.25) is 0 Å². The minimum absolute atomic E-state index is 0.435. The minimum Gasteiger partial charge on any atom is -0.496 e. The summed E-state index contributed by atoms with van der Waals surface area (Å²) in [5.74, 6) is 0.983. The number of benzene rings is 1. The van der Waals surface area contributed by atoms with Gasteiger partial charge in [-0.15, -0.1) is 0 Å². The molecule has 102 valence electrons. The Morgan fingerprint density at radius 1 is 1.26 bits per heavy atom. The van der Waals surface area contributed by atoms with Crippen molar-refractivity contribution < 1.29 is 4.74 Å². The highest BCUT2D eigenvalue weighted by Gasteiger charge is 2.12. The van der Waals surface area contributed by atoms with Crippen LogP contribution in [0.25, 0.3) is 0 Å². The summed E-state index contributed by atoms with van der Waals surface area (Å²) in [4.78, 5) is 0. The van der Waals surface area contributed by atoms with E-state index in [0.29, 0.717) is 6.04 Å². The van der Waals surface area contributed by atoms with Gasteiger partial charge >= 0.3 is 0 Å². The van der Waals surface area contributed by atoms with Gasteiger partial charge in [-0.3, -0.25) is 0 Å². The molecule has 2 nitrogen and oxygen atoms in total. The number of ether oxygens (including phenoxy) is 1. The molecule has 19 heavy (non-hydrogen) atoms.